The van der Waals surface area contributed by atoms with Crippen LogP contribution in [0.25, 0.3) is 55.0 Å². The summed E-state index contributed by atoms with van der Waals surface area (Å²) in [6, 6.07) is 101. The Labute approximate surface area is 465 Å². The number of anilines is 3. The summed E-state index contributed by atoms with van der Waals surface area (Å²) in [5.74, 6) is 0. The minimum absolute atomic E-state index is 0.0295. The number of aromatic nitrogens is 2. The van der Waals surface area contributed by atoms with E-state index in [9.17, 15) is 0 Å². The van der Waals surface area contributed by atoms with Crippen molar-refractivity contribution >= 4 is 118 Å². The fourth-order valence-corrected chi connectivity index (χ4v) is 24.6. The average molecular weight is 1050 g/mol. The lowest BCUT2D eigenvalue weighted by Crippen LogP contribution is -2.82. The van der Waals surface area contributed by atoms with Crippen molar-refractivity contribution in [3.05, 3.63) is 272 Å². The molecule has 0 N–H and O–H groups in total. The number of fused-ring (bicyclic) bond motifs is 10. The van der Waals surface area contributed by atoms with E-state index in [0.29, 0.717) is 0 Å². The molecular weight excluding hydrogens is 987 g/mol. The van der Waals surface area contributed by atoms with Crippen molar-refractivity contribution in [3.8, 4) is 11.4 Å². The van der Waals surface area contributed by atoms with Crippen LogP contribution in [0.3, 0.4) is 0 Å². The lowest BCUT2D eigenvalue weighted by molar-refractivity contribution is 0.591. The molecule has 2 aliphatic heterocycles. The average Bonchev–Trinajstić information content (AvgIpc) is 2.79. The number of hydrogen-bond acceptors (Lipinski definition) is 1. The molecule has 5 heteroatoms. The molecule has 2 aromatic heterocycles. The van der Waals surface area contributed by atoms with Crippen molar-refractivity contribution in [2.45, 2.75) is 52.4 Å². The molecule has 0 saturated carbocycles. The highest BCUT2D eigenvalue weighted by Crippen LogP contribution is 2.44. The van der Waals surface area contributed by atoms with Crippen LogP contribution in [-0.4, -0.2) is 25.3 Å². The maximum absolute atomic E-state index is 3.23. The highest BCUT2D eigenvalue weighted by atomic mass is 28.3. The SMILES string of the molecule is CC(C)(C)c1ccc2c3ccc(C(C)(C)C)cc3n(-c3ccc4c(c3)[Si](c3ccccc3)(c3ccccc3)c3cccc5c3N4c3ccccc3[Si]5(c3ccccc3)c3cccc(-n4c5ccccc5c5ccccc54)c3)c2c1. The molecule has 0 radical (unpaired) electrons. The molecule has 380 valence electrons. The molecule has 0 aliphatic carbocycles. The summed E-state index contributed by atoms with van der Waals surface area (Å²) in [4.78, 5) is 2.70. The predicted molar refractivity (Wildman–Crippen MR) is 342 cm³/mol. The maximum Gasteiger partial charge on any atom is 0.184 e. The Kier molecular flexibility index (Phi) is 10.4. The highest BCUT2D eigenvalue weighted by Gasteiger charge is 2.56. The van der Waals surface area contributed by atoms with E-state index >= 15 is 0 Å². The van der Waals surface area contributed by atoms with Gasteiger partial charge < -0.3 is 14.0 Å². The van der Waals surface area contributed by atoms with Crippen molar-refractivity contribution in [2.75, 3.05) is 4.90 Å². The van der Waals surface area contributed by atoms with Gasteiger partial charge in [-0.2, -0.15) is 0 Å². The van der Waals surface area contributed by atoms with Gasteiger partial charge in [0.1, 0.15) is 0 Å². The quantitative estimate of drug-likeness (QED) is 0.151. The first-order valence-electron chi connectivity index (χ1n) is 28.0. The first-order valence-corrected chi connectivity index (χ1v) is 32.0. The van der Waals surface area contributed by atoms with Gasteiger partial charge in [-0.25, -0.2) is 0 Å². The number of rotatable bonds is 6. The minimum atomic E-state index is -3.23. The molecule has 11 aromatic carbocycles. The van der Waals surface area contributed by atoms with Gasteiger partial charge in [0.2, 0.25) is 0 Å². The molecule has 3 nitrogen and oxygen atoms in total. The van der Waals surface area contributed by atoms with Gasteiger partial charge in [0.25, 0.3) is 0 Å². The molecule has 13 aromatic rings. The van der Waals surface area contributed by atoms with Crippen LogP contribution >= 0.6 is 0 Å². The van der Waals surface area contributed by atoms with Gasteiger partial charge in [0.05, 0.1) is 22.1 Å². The van der Waals surface area contributed by atoms with E-state index in [4.69, 9.17) is 0 Å². The van der Waals surface area contributed by atoms with E-state index in [0.717, 1.165) is 0 Å². The van der Waals surface area contributed by atoms with Gasteiger partial charge in [-0.3, -0.25) is 0 Å². The van der Waals surface area contributed by atoms with E-state index in [-0.39, 0.29) is 10.8 Å². The summed E-state index contributed by atoms with van der Waals surface area (Å²) in [7, 11) is -6.42. The smallest absolute Gasteiger partial charge is 0.184 e. The topological polar surface area (TPSA) is 13.1 Å². The van der Waals surface area contributed by atoms with Crippen LogP contribution in [0.15, 0.2) is 261 Å². The first kappa shape index (κ1) is 47.5. The summed E-state index contributed by atoms with van der Waals surface area (Å²) in [6.07, 6.45) is 0. The molecule has 15 rings (SSSR count). The molecule has 0 spiro atoms. The Morgan fingerprint density at radius 2 is 0.684 bits per heavy atom. The Morgan fingerprint density at radius 1 is 0.278 bits per heavy atom. The van der Waals surface area contributed by atoms with Crippen molar-refractivity contribution in [2.24, 2.45) is 0 Å². The maximum atomic E-state index is 2.70. The highest BCUT2D eigenvalue weighted by molar-refractivity contribution is 7.24. The van der Waals surface area contributed by atoms with Crippen LogP contribution < -0.4 is 46.4 Å². The van der Waals surface area contributed by atoms with Crippen LogP contribution in [0, 0.1) is 0 Å². The van der Waals surface area contributed by atoms with Crippen LogP contribution in [0.1, 0.15) is 52.7 Å². The van der Waals surface area contributed by atoms with Crippen LogP contribution in [0.2, 0.25) is 0 Å². The van der Waals surface area contributed by atoms with Crippen molar-refractivity contribution < 1.29 is 0 Å². The minimum Gasteiger partial charge on any atom is -0.311 e. The summed E-state index contributed by atoms with van der Waals surface area (Å²) in [5.41, 5.74) is 13.7. The summed E-state index contributed by atoms with van der Waals surface area (Å²) in [6.45, 7) is 14.0. The predicted octanol–water partition coefficient (Wildman–Crippen LogP) is 13.3. The number of nitrogens with zero attached hydrogens (tertiary/aromatic N) is 3. The summed E-state index contributed by atoms with van der Waals surface area (Å²) >= 11 is 0. The van der Waals surface area contributed by atoms with E-state index in [1.165, 1.54) is 125 Å². The van der Waals surface area contributed by atoms with Gasteiger partial charge in [-0.05, 0) is 124 Å². The third kappa shape index (κ3) is 6.76. The Bertz CT molecular complexity index is 4410. The van der Waals surface area contributed by atoms with Gasteiger partial charge in [0.15, 0.2) is 16.1 Å². The molecule has 1 atom stereocenters. The Hall–Kier alpha value is -8.75. The largest absolute Gasteiger partial charge is 0.311 e. The third-order valence-corrected chi connectivity index (χ3v) is 27.4. The molecule has 2 aliphatic rings. The molecule has 1 unspecified atom stereocenters. The molecular formula is C74H61N3Si2. The van der Waals surface area contributed by atoms with Gasteiger partial charge in [-0.1, -0.05) is 242 Å². The molecule has 0 fully saturated rings. The van der Waals surface area contributed by atoms with Gasteiger partial charge in [-0.15, -0.1) is 0 Å². The number of para-hydroxylation sites is 4. The molecule has 79 heavy (non-hydrogen) atoms. The van der Waals surface area contributed by atoms with E-state index in [1.54, 1.807) is 0 Å². The third-order valence-electron chi connectivity index (χ3n) is 17.7. The molecule has 0 saturated heterocycles. The van der Waals surface area contributed by atoms with Crippen LogP contribution in [-0.2, 0) is 10.8 Å². The van der Waals surface area contributed by atoms with E-state index in [1.807, 2.05) is 0 Å². The second-order valence-electron chi connectivity index (χ2n) is 24.1. The summed E-state index contributed by atoms with van der Waals surface area (Å²) < 4.78 is 5.09. The Morgan fingerprint density at radius 3 is 1.23 bits per heavy atom. The second-order valence-corrected chi connectivity index (χ2v) is 31.5. The van der Waals surface area contributed by atoms with E-state index < -0.39 is 16.1 Å². The van der Waals surface area contributed by atoms with E-state index in [2.05, 4.69) is 316 Å². The second kappa shape index (κ2) is 17.4. The lowest BCUT2D eigenvalue weighted by atomic mass is 9.86. The molecule has 0 amide bonds. The van der Waals surface area contributed by atoms with Crippen molar-refractivity contribution in [3.63, 3.8) is 0 Å². The monoisotopic (exact) mass is 1050 g/mol. The standard InChI is InChI=1S/C74H61N3Si2/c1-73(2,3)50-40-43-60-61-44-41-51(74(4,5)6)47-67(61)76(66(60)46-50)53-42-45-65-71(49-53)78(54-25-10-7-11-26-54,55-27-12-8-13-28-55)69-38-23-39-70-72(69)77(65)64-36-20-21-37-68(64)79(70,56-29-14-9-15-30-56)57-31-22-24-52(48-57)75-62-34-18-16-32-58(62)59-33-17-19-35-63(59)75/h7-49H,1-6H3. The summed E-state index contributed by atoms with van der Waals surface area (Å²) in [5, 5.41) is 16.2. The molecule has 0 bridgehead atoms. The number of hydrogen-bond donors (Lipinski definition) is 0. The van der Waals surface area contributed by atoms with Crippen LogP contribution in [0.4, 0.5) is 17.1 Å². The fourth-order valence-electron chi connectivity index (χ4n) is 14.1. The first-order chi connectivity index (χ1) is 38.5. The van der Waals surface area contributed by atoms with Gasteiger partial charge >= 0.3 is 0 Å². The zero-order valence-electron chi connectivity index (χ0n) is 45.7. The lowest BCUT2D eigenvalue weighted by Gasteiger charge is -2.52. The fraction of sp³-hybridized carbons (Fsp3) is 0.108. The molecule has 4 heterocycles. The zero-order valence-corrected chi connectivity index (χ0v) is 47.7. The Balaban J connectivity index is 1.07. The van der Waals surface area contributed by atoms with Gasteiger partial charge in [0, 0.05) is 50.0 Å². The van der Waals surface area contributed by atoms with Crippen molar-refractivity contribution in [1.82, 2.24) is 9.13 Å². The van der Waals surface area contributed by atoms with Crippen molar-refractivity contribution in [1.29, 1.82) is 0 Å². The van der Waals surface area contributed by atoms with Crippen LogP contribution in [0.5, 0.6) is 0 Å². The zero-order chi connectivity index (χ0) is 53.4. The normalized spacial score (nSPS) is 15.6. The number of benzene rings is 11.